The maximum Gasteiger partial charge on any atom is 0.453 e. The fourth-order valence-corrected chi connectivity index (χ4v) is 3.97. The van der Waals surface area contributed by atoms with Gasteiger partial charge in [0.05, 0.1) is 5.39 Å². The van der Waals surface area contributed by atoms with Crippen molar-refractivity contribution < 1.29 is 27.1 Å². The minimum atomic E-state index is -4.97. The molecule has 3 aromatic carbocycles. The molecule has 1 aromatic heterocycles. The van der Waals surface area contributed by atoms with E-state index in [0.29, 0.717) is 15.6 Å². The van der Waals surface area contributed by atoms with Gasteiger partial charge in [0, 0.05) is 21.7 Å². The van der Waals surface area contributed by atoms with E-state index in [0.717, 1.165) is 11.1 Å². The summed E-state index contributed by atoms with van der Waals surface area (Å²) < 4.78 is 57.6. The first-order chi connectivity index (χ1) is 16.0. The van der Waals surface area contributed by atoms with Crippen molar-refractivity contribution in [2.75, 3.05) is 0 Å². The third-order valence-electron chi connectivity index (χ3n) is 4.94. The first-order valence-electron chi connectivity index (χ1n) is 10.0. The second kappa shape index (κ2) is 9.24. The van der Waals surface area contributed by atoms with Gasteiger partial charge in [-0.2, -0.15) is 13.2 Å². The molecule has 0 atom stereocenters. The van der Waals surface area contributed by atoms with Gasteiger partial charge in [-0.15, -0.1) is 0 Å². The van der Waals surface area contributed by atoms with Crippen LogP contribution in [0.25, 0.3) is 11.0 Å². The lowest BCUT2D eigenvalue weighted by atomic mass is 10.1. The van der Waals surface area contributed by atoms with Gasteiger partial charge in [-0.3, -0.25) is 4.79 Å². The number of alkyl halides is 3. The lowest BCUT2D eigenvalue weighted by molar-refractivity contribution is -0.154. The molecule has 0 bridgehead atoms. The summed E-state index contributed by atoms with van der Waals surface area (Å²) in [6.07, 6.45) is -4.97. The van der Waals surface area contributed by atoms with Crippen LogP contribution in [0.15, 0.2) is 63.8 Å². The molecule has 0 amide bonds. The Labute approximate surface area is 202 Å². The zero-order valence-corrected chi connectivity index (χ0v) is 19.4. The number of aryl methyl sites for hydroxylation is 2. The van der Waals surface area contributed by atoms with Crippen molar-refractivity contribution in [3.8, 4) is 17.2 Å². The molecule has 0 N–H and O–H groups in total. The smallest absolute Gasteiger partial charge is 0.453 e. The lowest BCUT2D eigenvalue weighted by Crippen LogP contribution is -2.15. The fraction of sp³-hybridized carbons (Fsp3) is 0.160. The average Bonchev–Trinajstić information content (AvgIpc) is 2.73. The van der Waals surface area contributed by atoms with E-state index >= 15 is 0 Å². The zero-order chi connectivity index (χ0) is 24.6. The van der Waals surface area contributed by atoms with Gasteiger partial charge >= 0.3 is 6.18 Å². The first kappa shape index (κ1) is 24.0. The second-order valence-corrected chi connectivity index (χ2v) is 8.47. The largest absolute Gasteiger partial charge is 0.489 e. The molecule has 0 aliphatic carbocycles. The van der Waals surface area contributed by atoms with Crippen molar-refractivity contribution in [2.24, 2.45) is 0 Å². The van der Waals surface area contributed by atoms with Gasteiger partial charge in [-0.05, 0) is 61.4 Å². The van der Waals surface area contributed by atoms with E-state index in [1.165, 1.54) is 30.3 Å². The Morgan fingerprint density at radius 2 is 1.56 bits per heavy atom. The van der Waals surface area contributed by atoms with Crippen LogP contribution in [0, 0.1) is 13.8 Å². The van der Waals surface area contributed by atoms with Gasteiger partial charge in [0.15, 0.2) is 0 Å². The molecule has 0 fully saturated rings. The Balaban J connectivity index is 1.75. The van der Waals surface area contributed by atoms with Crippen LogP contribution in [0.1, 0.15) is 22.5 Å². The van der Waals surface area contributed by atoms with Crippen LogP contribution in [-0.4, -0.2) is 0 Å². The summed E-state index contributed by atoms with van der Waals surface area (Å²) in [5.74, 6) is -2.19. The summed E-state index contributed by atoms with van der Waals surface area (Å²) in [5.41, 5.74) is 0.810. The minimum absolute atomic E-state index is 0.0335. The molecule has 0 aliphatic rings. The molecule has 4 rings (SSSR count). The predicted octanol–water partition coefficient (Wildman–Crippen LogP) is 8.11. The van der Waals surface area contributed by atoms with Crippen LogP contribution < -0.4 is 14.9 Å². The number of ether oxygens (including phenoxy) is 2. The molecule has 176 valence electrons. The molecule has 9 heteroatoms. The Kier molecular flexibility index (Phi) is 6.51. The van der Waals surface area contributed by atoms with E-state index < -0.39 is 23.1 Å². The molecular weight excluding hydrogens is 492 g/mol. The van der Waals surface area contributed by atoms with Crippen LogP contribution in [0.3, 0.4) is 0 Å². The molecule has 0 aliphatic heterocycles. The van der Waals surface area contributed by atoms with Gasteiger partial charge in [-0.1, -0.05) is 35.3 Å². The van der Waals surface area contributed by atoms with Crippen molar-refractivity contribution in [1.82, 2.24) is 0 Å². The van der Waals surface area contributed by atoms with Crippen LogP contribution in [0.5, 0.6) is 17.2 Å². The van der Waals surface area contributed by atoms with Crippen LogP contribution in [-0.2, 0) is 12.8 Å². The third-order valence-corrected chi connectivity index (χ3v) is 5.65. The topological polar surface area (TPSA) is 48.7 Å². The number of rotatable bonds is 5. The molecule has 0 saturated carbocycles. The third kappa shape index (κ3) is 5.00. The molecule has 34 heavy (non-hydrogen) atoms. The average molecular weight is 509 g/mol. The van der Waals surface area contributed by atoms with E-state index in [-0.39, 0.29) is 29.1 Å². The minimum Gasteiger partial charge on any atom is -0.489 e. The van der Waals surface area contributed by atoms with Gasteiger partial charge in [-0.25, -0.2) is 0 Å². The Hall–Kier alpha value is -3.16. The number of hydrogen-bond donors (Lipinski definition) is 0. The first-order valence-corrected chi connectivity index (χ1v) is 10.8. The summed E-state index contributed by atoms with van der Waals surface area (Å²) >= 11 is 12.2. The van der Waals surface area contributed by atoms with Crippen LogP contribution in [0.4, 0.5) is 13.2 Å². The van der Waals surface area contributed by atoms with Crippen LogP contribution >= 0.6 is 23.2 Å². The Morgan fingerprint density at radius 3 is 2.18 bits per heavy atom. The van der Waals surface area contributed by atoms with Gasteiger partial charge in [0.2, 0.25) is 11.2 Å². The lowest BCUT2D eigenvalue weighted by Gasteiger charge is -2.14. The van der Waals surface area contributed by atoms with E-state index in [1.54, 1.807) is 32.0 Å². The molecule has 4 nitrogen and oxygen atoms in total. The standard InChI is InChI=1S/C25H17Cl2F3O4/c1-13-8-14(2)10-16(9-13)33-23-22(31)17-7-6-15(11-21(17)34-24(23)25(28,29)30)32-12-18-19(26)4-3-5-20(18)27/h3-11H,12H2,1-2H3. The van der Waals surface area contributed by atoms with E-state index in [4.69, 9.17) is 37.1 Å². The zero-order valence-electron chi connectivity index (χ0n) is 17.9. The number of fused-ring (bicyclic) bond motifs is 1. The van der Waals surface area contributed by atoms with E-state index in [1.807, 2.05) is 6.07 Å². The van der Waals surface area contributed by atoms with Crippen molar-refractivity contribution in [1.29, 1.82) is 0 Å². The molecule has 1 heterocycles. The molecule has 0 spiro atoms. The quantitative estimate of drug-likeness (QED) is 0.273. The molecular formula is C25H17Cl2F3O4. The maximum absolute atomic E-state index is 13.8. The SMILES string of the molecule is Cc1cc(C)cc(Oc2c(C(F)(F)F)oc3cc(OCc4c(Cl)cccc4Cl)ccc3c2=O)c1. The highest BCUT2D eigenvalue weighted by molar-refractivity contribution is 6.35. The van der Waals surface area contributed by atoms with Gasteiger partial charge in [0.25, 0.3) is 5.76 Å². The summed E-state index contributed by atoms with van der Waals surface area (Å²) in [7, 11) is 0. The number of hydrogen-bond acceptors (Lipinski definition) is 4. The summed E-state index contributed by atoms with van der Waals surface area (Å²) in [5, 5.41) is 0.676. The van der Waals surface area contributed by atoms with Crippen molar-refractivity contribution in [3.63, 3.8) is 0 Å². The maximum atomic E-state index is 13.8. The number of halogens is 5. The van der Waals surface area contributed by atoms with Gasteiger partial charge < -0.3 is 13.9 Å². The Morgan fingerprint density at radius 1 is 0.912 bits per heavy atom. The molecule has 0 unspecified atom stereocenters. The van der Waals surface area contributed by atoms with Gasteiger partial charge in [0.1, 0.15) is 23.7 Å². The normalized spacial score (nSPS) is 11.6. The Bertz CT molecular complexity index is 1400. The van der Waals surface area contributed by atoms with Crippen molar-refractivity contribution in [2.45, 2.75) is 26.6 Å². The predicted molar refractivity (Wildman–Crippen MR) is 124 cm³/mol. The molecule has 4 aromatic rings. The van der Waals surface area contributed by atoms with E-state index in [2.05, 4.69) is 0 Å². The number of benzene rings is 3. The highest BCUT2D eigenvalue weighted by Crippen LogP contribution is 2.39. The van der Waals surface area contributed by atoms with Crippen molar-refractivity contribution >= 4 is 34.2 Å². The summed E-state index contributed by atoms with van der Waals surface area (Å²) in [6, 6.07) is 13.8. The highest BCUT2D eigenvalue weighted by Gasteiger charge is 2.40. The summed E-state index contributed by atoms with van der Waals surface area (Å²) in [6.45, 7) is 3.50. The van der Waals surface area contributed by atoms with Crippen LogP contribution in [0.2, 0.25) is 10.0 Å². The highest BCUT2D eigenvalue weighted by atomic mass is 35.5. The van der Waals surface area contributed by atoms with E-state index in [9.17, 15) is 18.0 Å². The second-order valence-electron chi connectivity index (χ2n) is 7.66. The van der Waals surface area contributed by atoms with Crippen molar-refractivity contribution in [3.05, 3.63) is 97.3 Å². The molecule has 0 radical (unpaired) electrons. The monoisotopic (exact) mass is 508 g/mol. The molecule has 0 saturated heterocycles. The fourth-order valence-electron chi connectivity index (χ4n) is 3.46. The summed E-state index contributed by atoms with van der Waals surface area (Å²) in [4.78, 5) is 13.0.